The van der Waals surface area contributed by atoms with Crippen molar-refractivity contribution in [3.05, 3.63) is 47.7 Å². The van der Waals surface area contributed by atoms with E-state index in [9.17, 15) is 9.59 Å². The van der Waals surface area contributed by atoms with Gasteiger partial charge in [-0.3, -0.25) is 4.79 Å². The Morgan fingerprint density at radius 3 is 2.48 bits per heavy atom. The lowest BCUT2D eigenvalue weighted by molar-refractivity contribution is 0.0932. The van der Waals surface area contributed by atoms with Crippen molar-refractivity contribution in [3.8, 4) is 5.88 Å². The fraction of sp³-hybridized carbons (Fsp3) is 0.455. The first-order valence-electron chi connectivity index (χ1n) is 10.4. The third kappa shape index (κ3) is 6.07. The van der Waals surface area contributed by atoms with Crippen LogP contribution in [0.4, 0.5) is 10.7 Å². The second kappa shape index (κ2) is 10.6. The summed E-state index contributed by atoms with van der Waals surface area (Å²) in [6, 6.07) is 9.59. The smallest absolute Gasteiger partial charge is 0.410 e. The van der Waals surface area contributed by atoms with Gasteiger partial charge in [0.25, 0.3) is 5.91 Å². The zero-order chi connectivity index (χ0) is 22.2. The number of carbonyl (C=O) groups is 2. The van der Waals surface area contributed by atoms with Crippen LogP contribution in [0.25, 0.3) is 0 Å². The van der Waals surface area contributed by atoms with Crippen LogP contribution in [0, 0.1) is 5.92 Å². The van der Waals surface area contributed by atoms with Gasteiger partial charge in [-0.15, -0.1) is 0 Å². The summed E-state index contributed by atoms with van der Waals surface area (Å²) < 4.78 is 10.7. The highest BCUT2D eigenvalue weighted by Crippen LogP contribution is 2.20. The number of amides is 2. The number of benzene rings is 1. The molecular formula is C22H29N5O4. The van der Waals surface area contributed by atoms with Crippen molar-refractivity contribution in [1.82, 2.24) is 20.2 Å². The first kappa shape index (κ1) is 22.3. The fourth-order valence-corrected chi connectivity index (χ4v) is 3.11. The van der Waals surface area contributed by atoms with Crippen molar-refractivity contribution in [3.63, 3.8) is 0 Å². The Bertz CT molecular complexity index is 883. The maximum Gasteiger partial charge on any atom is 0.410 e. The van der Waals surface area contributed by atoms with E-state index in [0.29, 0.717) is 50.2 Å². The number of carbonyl (C=O) groups excluding carboxylic acids is 2. The molecular weight excluding hydrogens is 398 g/mol. The van der Waals surface area contributed by atoms with Gasteiger partial charge in [0, 0.05) is 38.9 Å². The van der Waals surface area contributed by atoms with Crippen molar-refractivity contribution in [2.45, 2.75) is 20.5 Å². The van der Waals surface area contributed by atoms with Gasteiger partial charge in [-0.2, -0.15) is 4.98 Å². The molecule has 0 saturated carbocycles. The SMILES string of the molecule is COc1nc(N2CCN(C(=O)OCc3ccccc3)CC2)ncc1C(=O)NCC(C)C. The molecule has 166 valence electrons. The summed E-state index contributed by atoms with van der Waals surface area (Å²) in [6.07, 6.45) is 1.15. The third-order valence-electron chi connectivity index (χ3n) is 4.88. The lowest BCUT2D eigenvalue weighted by Crippen LogP contribution is -2.49. The van der Waals surface area contributed by atoms with E-state index in [2.05, 4.69) is 15.3 Å². The first-order chi connectivity index (χ1) is 15.0. The number of anilines is 1. The molecule has 0 bridgehead atoms. The van der Waals surface area contributed by atoms with E-state index < -0.39 is 0 Å². The summed E-state index contributed by atoms with van der Waals surface area (Å²) in [5.41, 5.74) is 1.25. The molecule has 9 heteroatoms. The highest BCUT2D eigenvalue weighted by atomic mass is 16.6. The van der Waals surface area contributed by atoms with Crippen LogP contribution in [0.1, 0.15) is 29.8 Å². The number of ether oxygens (including phenoxy) is 2. The average Bonchev–Trinajstić information content (AvgIpc) is 2.81. The van der Waals surface area contributed by atoms with Crippen LogP contribution in [0.2, 0.25) is 0 Å². The highest BCUT2D eigenvalue weighted by Gasteiger charge is 2.25. The number of aromatic nitrogens is 2. The number of nitrogens with zero attached hydrogens (tertiary/aromatic N) is 4. The minimum absolute atomic E-state index is 0.232. The van der Waals surface area contributed by atoms with Crippen LogP contribution in [0.3, 0.4) is 0 Å². The molecule has 1 aliphatic rings. The normalized spacial score (nSPS) is 13.8. The Kier molecular flexibility index (Phi) is 7.64. The third-order valence-corrected chi connectivity index (χ3v) is 4.88. The van der Waals surface area contributed by atoms with Crippen molar-refractivity contribution in [2.24, 2.45) is 5.92 Å². The van der Waals surface area contributed by atoms with Crippen molar-refractivity contribution >= 4 is 17.9 Å². The quantitative estimate of drug-likeness (QED) is 0.724. The Morgan fingerprint density at radius 2 is 1.84 bits per heavy atom. The summed E-state index contributed by atoms with van der Waals surface area (Å²) in [7, 11) is 1.48. The number of methoxy groups -OCH3 is 1. The molecule has 1 saturated heterocycles. The first-order valence-corrected chi connectivity index (χ1v) is 10.4. The zero-order valence-corrected chi connectivity index (χ0v) is 18.2. The van der Waals surface area contributed by atoms with E-state index in [4.69, 9.17) is 9.47 Å². The van der Waals surface area contributed by atoms with Gasteiger partial charge in [-0.05, 0) is 11.5 Å². The van der Waals surface area contributed by atoms with Gasteiger partial charge in [0.15, 0.2) is 0 Å². The van der Waals surface area contributed by atoms with E-state index >= 15 is 0 Å². The monoisotopic (exact) mass is 427 g/mol. The molecule has 1 aromatic heterocycles. The van der Waals surface area contributed by atoms with Crippen LogP contribution in [-0.4, -0.2) is 66.7 Å². The number of hydrogen-bond acceptors (Lipinski definition) is 7. The Morgan fingerprint density at radius 1 is 1.13 bits per heavy atom. The van der Waals surface area contributed by atoms with Crippen molar-refractivity contribution in [1.29, 1.82) is 0 Å². The maximum absolute atomic E-state index is 12.4. The number of nitrogens with one attached hydrogen (secondary N) is 1. The highest BCUT2D eigenvalue weighted by molar-refractivity contribution is 5.96. The minimum Gasteiger partial charge on any atom is -0.480 e. The molecule has 1 fully saturated rings. The molecule has 0 unspecified atom stereocenters. The molecule has 3 rings (SSSR count). The molecule has 0 radical (unpaired) electrons. The molecule has 1 aromatic carbocycles. The largest absolute Gasteiger partial charge is 0.480 e. The number of rotatable bonds is 7. The summed E-state index contributed by atoms with van der Waals surface area (Å²) in [5, 5.41) is 2.84. The second-order valence-corrected chi connectivity index (χ2v) is 7.71. The number of piperazine rings is 1. The molecule has 1 N–H and O–H groups in total. The van der Waals surface area contributed by atoms with Crippen molar-refractivity contribution < 1.29 is 19.1 Å². The van der Waals surface area contributed by atoms with Gasteiger partial charge < -0.3 is 24.6 Å². The van der Waals surface area contributed by atoms with Crippen LogP contribution < -0.4 is 15.0 Å². The minimum atomic E-state index is -0.334. The summed E-state index contributed by atoms with van der Waals surface area (Å²) in [4.78, 5) is 37.1. The van der Waals surface area contributed by atoms with Gasteiger partial charge in [-0.1, -0.05) is 44.2 Å². The van der Waals surface area contributed by atoms with Crippen LogP contribution in [0.15, 0.2) is 36.5 Å². The molecule has 2 heterocycles. The molecule has 2 aromatic rings. The van der Waals surface area contributed by atoms with Gasteiger partial charge in [0.1, 0.15) is 12.2 Å². The molecule has 0 spiro atoms. The zero-order valence-electron chi connectivity index (χ0n) is 18.2. The van der Waals surface area contributed by atoms with Crippen LogP contribution in [-0.2, 0) is 11.3 Å². The number of hydrogen-bond donors (Lipinski definition) is 1. The van der Waals surface area contributed by atoms with Crippen LogP contribution in [0.5, 0.6) is 5.88 Å². The van der Waals surface area contributed by atoms with Crippen molar-refractivity contribution in [2.75, 3.05) is 44.7 Å². The van der Waals surface area contributed by atoms with E-state index in [1.165, 1.54) is 13.3 Å². The molecule has 0 atom stereocenters. The molecule has 9 nitrogen and oxygen atoms in total. The molecule has 1 aliphatic heterocycles. The lowest BCUT2D eigenvalue weighted by Gasteiger charge is -2.34. The average molecular weight is 428 g/mol. The summed E-state index contributed by atoms with van der Waals surface area (Å²) >= 11 is 0. The van der Waals surface area contributed by atoms with E-state index in [1.807, 2.05) is 49.1 Å². The second-order valence-electron chi connectivity index (χ2n) is 7.71. The fourth-order valence-electron chi connectivity index (χ4n) is 3.11. The van der Waals surface area contributed by atoms with Gasteiger partial charge >= 0.3 is 6.09 Å². The summed E-state index contributed by atoms with van der Waals surface area (Å²) in [6.45, 7) is 6.96. The van der Waals surface area contributed by atoms with Gasteiger partial charge in [-0.25, -0.2) is 9.78 Å². The lowest BCUT2D eigenvalue weighted by atomic mass is 10.2. The Balaban J connectivity index is 1.55. The predicted octanol–water partition coefficient (Wildman–Crippen LogP) is 2.33. The Hall–Kier alpha value is -3.36. The molecule has 0 aliphatic carbocycles. The molecule has 31 heavy (non-hydrogen) atoms. The van der Waals surface area contributed by atoms with E-state index in [1.54, 1.807) is 4.90 Å². The van der Waals surface area contributed by atoms with Crippen LogP contribution >= 0.6 is 0 Å². The molecule has 2 amide bonds. The maximum atomic E-state index is 12.4. The standard InChI is InChI=1S/C22H29N5O4/c1-16(2)13-23-19(28)18-14-24-21(25-20(18)30-3)26-9-11-27(12-10-26)22(29)31-15-17-7-5-4-6-8-17/h4-8,14,16H,9-13,15H2,1-3H3,(H,23,28). The summed E-state index contributed by atoms with van der Waals surface area (Å²) in [5.74, 6) is 0.777. The Labute approximate surface area is 182 Å². The topological polar surface area (TPSA) is 96.9 Å². The van der Waals surface area contributed by atoms with E-state index in [-0.39, 0.29) is 24.5 Å². The van der Waals surface area contributed by atoms with Gasteiger partial charge in [0.2, 0.25) is 11.8 Å². The van der Waals surface area contributed by atoms with Gasteiger partial charge in [0.05, 0.1) is 7.11 Å². The van der Waals surface area contributed by atoms with E-state index in [0.717, 1.165) is 5.56 Å². The predicted molar refractivity (Wildman–Crippen MR) is 116 cm³/mol.